The van der Waals surface area contributed by atoms with Crippen molar-refractivity contribution in [1.82, 2.24) is 15.2 Å². The molecule has 138 valence electrons. The van der Waals surface area contributed by atoms with Gasteiger partial charge in [-0.3, -0.25) is 4.79 Å². The van der Waals surface area contributed by atoms with E-state index in [2.05, 4.69) is 25.4 Å². The van der Waals surface area contributed by atoms with Gasteiger partial charge < -0.3 is 14.6 Å². The highest BCUT2D eigenvalue weighted by Crippen LogP contribution is 2.24. The lowest BCUT2D eigenvalue weighted by Gasteiger charge is -2.31. The van der Waals surface area contributed by atoms with Crippen LogP contribution in [0.15, 0.2) is 53.3 Å². The second-order valence-corrected chi connectivity index (χ2v) is 6.72. The number of hydrogen-bond donors (Lipinski definition) is 1. The minimum absolute atomic E-state index is 0.0149. The molecule has 0 atom stereocenters. The molecule has 27 heavy (non-hydrogen) atoms. The quantitative estimate of drug-likeness (QED) is 0.766. The molecule has 1 aliphatic heterocycles. The summed E-state index contributed by atoms with van der Waals surface area (Å²) in [6, 6.07) is 11.3. The Balaban J connectivity index is 1.34. The van der Waals surface area contributed by atoms with Gasteiger partial charge in [0.15, 0.2) is 11.6 Å². The van der Waals surface area contributed by atoms with Gasteiger partial charge in [-0.1, -0.05) is 0 Å². The molecular formula is C20H21N5O2. The molecule has 0 bridgehead atoms. The Morgan fingerprint density at radius 1 is 1.19 bits per heavy atom. The highest BCUT2D eigenvalue weighted by molar-refractivity contribution is 5.91. The Hall–Kier alpha value is -3.22. The number of hydrogen-bond acceptors (Lipinski definition) is 6. The number of carbonyl (C=O) groups excluding carboxylic acids is 1. The fraction of sp³-hybridized carbons (Fsp3) is 0.300. The van der Waals surface area contributed by atoms with Crippen molar-refractivity contribution >= 4 is 17.5 Å². The number of amides is 1. The van der Waals surface area contributed by atoms with Gasteiger partial charge >= 0.3 is 0 Å². The smallest absolute Gasteiger partial charge is 0.228 e. The first-order valence-electron chi connectivity index (χ1n) is 9.05. The second kappa shape index (κ2) is 7.57. The summed E-state index contributed by atoms with van der Waals surface area (Å²) in [5, 5.41) is 11.5. The minimum atomic E-state index is -0.0149. The van der Waals surface area contributed by atoms with Gasteiger partial charge in [0, 0.05) is 25.2 Å². The van der Waals surface area contributed by atoms with Crippen molar-refractivity contribution in [3.8, 4) is 11.5 Å². The van der Waals surface area contributed by atoms with Crippen molar-refractivity contribution in [3.05, 3.63) is 54.4 Å². The SMILES string of the molecule is Cc1ccnc(NC(=O)C2CCN(c3ccc(-c4ccco4)nn3)CC2)c1. The maximum Gasteiger partial charge on any atom is 0.228 e. The summed E-state index contributed by atoms with van der Waals surface area (Å²) >= 11 is 0. The third-order valence-electron chi connectivity index (χ3n) is 4.78. The largest absolute Gasteiger partial charge is 0.463 e. The molecule has 1 aliphatic rings. The van der Waals surface area contributed by atoms with Crippen molar-refractivity contribution in [2.45, 2.75) is 19.8 Å². The molecule has 4 heterocycles. The van der Waals surface area contributed by atoms with Crippen LogP contribution in [0.1, 0.15) is 18.4 Å². The molecule has 1 N–H and O–H groups in total. The molecule has 1 saturated heterocycles. The Morgan fingerprint density at radius 3 is 2.70 bits per heavy atom. The van der Waals surface area contributed by atoms with E-state index in [9.17, 15) is 4.79 Å². The van der Waals surface area contributed by atoms with E-state index in [4.69, 9.17) is 4.42 Å². The Morgan fingerprint density at radius 2 is 2.04 bits per heavy atom. The first-order chi connectivity index (χ1) is 13.2. The molecule has 0 unspecified atom stereocenters. The fourth-order valence-corrected chi connectivity index (χ4v) is 3.25. The summed E-state index contributed by atoms with van der Waals surface area (Å²) in [5.41, 5.74) is 1.79. The number of anilines is 2. The van der Waals surface area contributed by atoms with E-state index >= 15 is 0 Å². The van der Waals surface area contributed by atoms with Gasteiger partial charge in [0.2, 0.25) is 5.91 Å². The van der Waals surface area contributed by atoms with E-state index in [0.717, 1.165) is 37.3 Å². The monoisotopic (exact) mass is 363 g/mol. The molecule has 7 nitrogen and oxygen atoms in total. The number of nitrogens with zero attached hydrogens (tertiary/aromatic N) is 4. The van der Waals surface area contributed by atoms with Crippen LogP contribution in [-0.2, 0) is 4.79 Å². The number of carbonyl (C=O) groups is 1. The third-order valence-corrected chi connectivity index (χ3v) is 4.78. The highest BCUT2D eigenvalue weighted by Gasteiger charge is 2.26. The van der Waals surface area contributed by atoms with Gasteiger partial charge in [-0.25, -0.2) is 4.98 Å². The van der Waals surface area contributed by atoms with Crippen LogP contribution in [0.25, 0.3) is 11.5 Å². The molecule has 3 aromatic heterocycles. The second-order valence-electron chi connectivity index (χ2n) is 6.72. The standard InChI is InChI=1S/C20H21N5O2/c1-14-6-9-21-18(13-14)22-20(26)15-7-10-25(11-8-15)19-5-4-16(23-24-19)17-3-2-12-27-17/h2-6,9,12-13,15H,7-8,10-11H2,1H3,(H,21,22,26). The molecule has 0 aliphatic carbocycles. The highest BCUT2D eigenvalue weighted by atomic mass is 16.3. The zero-order valence-electron chi connectivity index (χ0n) is 15.1. The molecular weight excluding hydrogens is 342 g/mol. The van der Waals surface area contributed by atoms with Crippen molar-refractivity contribution in [2.75, 3.05) is 23.3 Å². The van der Waals surface area contributed by atoms with Crippen LogP contribution < -0.4 is 10.2 Å². The zero-order valence-corrected chi connectivity index (χ0v) is 15.1. The molecule has 0 aromatic carbocycles. The van der Waals surface area contributed by atoms with Gasteiger partial charge in [0.05, 0.1) is 6.26 Å². The van der Waals surface area contributed by atoms with Crippen LogP contribution in [0, 0.1) is 12.8 Å². The van der Waals surface area contributed by atoms with Crippen molar-refractivity contribution in [2.24, 2.45) is 5.92 Å². The Kier molecular flexibility index (Phi) is 4.82. The van der Waals surface area contributed by atoms with Crippen LogP contribution in [0.4, 0.5) is 11.6 Å². The average Bonchev–Trinajstić information content (AvgIpc) is 3.23. The normalized spacial score (nSPS) is 14.9. The van der Waals surface area contributed by atoms with Gasteiger partial charge in [-0.2, -0.15) is 0 Å². The lowest BCUT2D eigenvalue weighted by Crippen LogP contribution is -2.38. The molecule has 1 fully saturated rings. The summed E-state index contributed by atoms with van der Waals surface area (Å²) in [6.45, 7) is 3.52. The molecule has 0 spiro atoms. The van der Waals surface area contributed by atoms with Crippen LogP contribution in [0.5, 0.6) is 0 Å². The van der Waals surface area contributed by atoms with Gasteiger partial charge in [0.1, 0.15) is 11.5 Å². The molecule has 4 rings (SSSR count). The summed E-state index contributed by atoms with van der Waals surface area (Å²) in [4.78, 5) is 18.8. The van der Waals surface area contributed by atoms with Crippen molar-refractivity contribution in [1.29, 1.82) is 0 Å². The lowest BCUT2D eigenvalue weighted by molar-refractivity contribution is -0.120. The number of nitrogens with one attached hydrogen (secondary N) is 1. The van der Waals surface area contributed by atoms with Crippen molar-refractivity contribution in [3.63, 3.8) is 0 Å². The number of aryl methyl sites for hydroxylation is 1. The van der Waals surface area contributed by atoms with E-state index in [-0.39, 0.29) is 11.8 Å². The molecule has 0 saturated carbocycles. The maximum atomic E-state index is 12.5. The predicted octanol–water partition coefficient (Wildman–Crippen LogP) is 3.30. The third kappa shape index (κ3) is 3.97. The number of pyridine rings is 1. The number of rotatable bonds is 4. The summed E-state index contributed by atoms with van der Waals surface area (Å²) in [5.74, 6) is 2.16. The zero-order chi connectivity index (χ0) is 18.6. The predicted molar refractivity (Wildman–Crippen MR) is 102 cm³/mol. The Bertz CT molecular complexity index is 900. The van der Waals surface area contributed by atoms with E-state index in [1.54, 1.807) is 12.5 Å². The maximum absolute atomic E-state index is 12.5. The van der Waals surface area contributed by atoms with Gasteiger partial charge in [-0.15, -0.1) is 10.2 Å². The molecule has 1 amide bonds. The van der Waals surface area contributed by atoms with Gasteiger partial charge in [-0.05, 0) is 61.7 Å². The lowest BCUT2D eigenvalue weighted by atomic mass is 9.96. The Labute approximate surface area is 157 Å². The van der Waals surface area contributed by atoms with E-state index in [0.29, 0.717) is 17.3 Å². The molecule has 3 aromatic rings. The van der Waals surface area contributed by atoms with Crippen LogP contribution in [0.3, 0.4) is 0 Å². The van der Waals surface area contributed by atoms with Crippen LogP contribution in [0.2, 0.25) is 0 Å². The van der Waals surface area contributed by atoms with Gasteiger partial charge in [0.25, 0.3) is 0 Å². The van der Waals surface area contributed by atoms with Crippen LogP contribution >= 0.6 is 0 Å². The first kappa shape index (κ1) is 17.2. The number of piperidine rings is 1. The van der Waals surface area contributed by atoms with E-state index in [1.807, 2.05) is 43.3 Å². The average molecular weight is 363 g/mol. The number of aromatic nitrogens is 3. The van der Waals surface area contributed by atoms with Crippen molar-refractivity contribution < 1.29 is 9.21 Å². The minimum Gasteiger partial charge on any atom is -0.463 e. The van der Waals surface area contributed by atoms with E-state index in [1.165, 1.54) is 0 Å². The van der Waals surface area contributed by atoms with Crippen LogP contribution in [-0.4, -0.2) is 34.2 Å². The summed E-state index contributed by atoms with van der Waals surface area (Å²) < 4.78 is 5.34. The molecule has 7 heteroatoms. The topological polar surface area (TPSA) is 84.2 Å². The first-order valence-corrected chi connectivity index (χ1v) is 9.05. The number of furan rings is 1. The molecule has 0 radical (unpaired) electrons. The summed E-state index contributed by atoms with van der Waals surface area (Å²) in [7, 11) is 0. The summed E-state index contributed by atoms with van der Waals surface area (Å²) in [6.07, 6.45) is 4.88. The fourth-order valence-electron chi connectivity index (χ4n) is 3.25. The van der Waals surface area contributed by atoms with E-state index < -0.39 is 0 Å².